The van der Waals surface area contributed by atoms with E-state index in [1.165, 1.54) is 12.1 Å². The summed E-state index contributed by atoms with van der Waals surface area (Å²) in [6.45, 7) is 4.57. The molecule has 0 aliphatic carbocycles. The van der Waals surface area contributed by atoms with Gasteiger partial charge in [0, 0.05) is 13.0 Å². The Morgan fingerprint density at radius 2 is 2.00 bits per heavy atom. The van der Waals surface area contributed by atoms with Crippen LogP contribution in [0.1, 0.15) is 12.7 Å². The van der Waals surface area contributed by atoms with Crippen LogP contribution in [0.15, 0.2) is 18.2 Å². The minimum absolute atomic E-state index is 0.192. The number of benzene rings is 1. The molecule has 3 nitrogen and oxygen atoms in total. The monoisotopic (exact) mass is 259 g/mol. The fraction of sp³-hybridized carbons (Fsp3) is 0.417. The smallest absolute Gasteiger partial charge is 0.406 e. The Hall–Kier alpha value is -1.72. The first-order valence-corrected chi connectivity index (χ1v) is 5.58. The number of alkyl halides is 3. The summed E-state index contributed by atoms with van der Waals surface area (Å²) in [5.74, 6) is 0.791. The number of aromatic nitrogens is 2. The molecule has 1 heterocycles. The number of nitrogens with zero attached hydrogens (tertiary/aromatic N) is 2. The SMILES string of the molecule is CCn1c(C)[n+](C)c2ccc(OC(F)(F)F)cc21. The molecule has 1 aromatic heterocycles. The number of halogens is 3. The van der Waals surface area contributed by atoms with Crippen LogP contribution in [-0.4, -0.2) is 10.9 Å². The van der Waals surface area contributed by atoms with Gasteiger partial charge in [-0.3, -0.25) is 0 Å². The number of hydrogen-bond donors (Lipinski definition) is 0. The number of ether oxygens (including phenoxy) is 1. The van der Waals surface area contributed by atoms with Gasteiger partial charge in [-0.1, -0.05) is 0 Å². The predicted octanol–water partition coefficient (Wildman–Crippen LogP) is 2.69. The van der Waals surface area contributed by atoms with E-state index in [1.54, 1.807) is 6.07 Å². The Morgan fingerprint density at radius 1 is 1.33 bits per heavy atom. The molecule has 0 amide bonds. The van der Waals surface area contributed by atoms with Gasteiger partial charge in [0.1, 0.15) is 5.75 Å². The lowest BCUT2D eigenvalue weighted by atomic mass is 10.3. The van der Waals surface area contributed by atoms with Crippen LogP contribution in [0, 0.1) is 6.92 Å². The molecule has 0 bridgehead atoms. The predicted molar refractivity (Wildman–Crippen MR) is 60.2 cm³/mol. The van der Waals surface area contributed by atoms with Gasteiger partial charge < -0.3 is 4.74 Å². The van der Waals surface area contributed by atoms with Gasteiger partial charge >= 0.3 is 6.36 Å². The first-order valence-electron chi connectivity index (χ1n) is 5.58. The summed E-state index contributed by atoms with van der Waals surface area (Å²) < 4.78 is 44.3. The average Bonchev–Trinajstić information content (AvgIpc) is 2.49. The zero-order valence-corrected chi connectivity index (χ0v) is 10.4. The molecular formula is C12H14F3N2O+. The Bertz CT molecular complexity index is 587. The molecule has 6 heteroatoms. The molecular weight excluding hydrogens is 245 g/mol. The Balaban J connectivity index is 2.57. The van der Waals surface area contributed by atoms with Gasteiger partial charge in [0.05, 0.1) is 13.6 Å². The topological polar surface area (TPSA) is 18.0 Å². The maximum atomic E-state index is 12.2. The highest BCUT2D eigenvalue weighted by Gasteiger charge is 2.31. The van der Waals surface area contributed by atoms with Crippen LogP contribution >= 0.6 is 0 Å². The van der Waals surface area contributed by atoms with E-state index in [4.69, 9.17) is 0 Å². The molecule has 1 aromatic carbocycles. The van der Waals surface area contributed by atoms with Gasteiger partial charge in [0.2, 0.25) is 0 Å². The Kier molecular flexibility index (Phi) is 2.96. The summed E-state index contributed by atoms with van der Waals surface area (Å²) in [4.78, 5) is 0. The first kappa shape index (κ1) is 12.7. The van der Waals surface area contributed by atoms with E-state index >= 15 is 0 Å². The van der Waals surface area contributed by atoms with Crippen LogP contribution < -0.4 is 9.30 Å². The van der Waals surface area contributed by atoms with Crippen LogP contribution in [-0.2, 0) is 13.6 Å². The van der Waals surface area contributed by atoms with Crippen LogP contribution in [0.2, 0.25) is 0 Å². The molecule has 0 N–H and O–H groups in total. The lowest BCUT2D eigenvalue weighted by Crippen LogP contribution is -2.30. The largest absolute Gasteiger partial charge is 0.573 e. The van der Waals surface area contributed by atoms with Crippen molar-refractivity contribution >= 4 is 11.0 Å². The Morgan fingerprint density at radius 3 is 2.56 bits per heavy atom. The third-order valence-corrected chi connectivity index (χ3v) is 3.02. The number of aryl methyl sites for hydroxylation is 2. The zero-order chi connectivity index (χ0) is 13.5. The Labute approximate surface area is 102 Å². The number of fused-ring (bicyclic) bond motifs is 1. The molecule has 2 aromatic rings. The van der Waals surface area contributed by atoms with Gasteiger partial charge in [0.25, 0.3) is 5.82 Å². The van der Waals surface area contributed by atoms with E-state index in [0.717, 1.165) is 16.9 Å². The molecule has 0 radical (unpaired) electrons. The van der Waals surface area contributed by atoms with E-state index in [2.05, 4.69) is 4.74 Å². The fourth-order valence-electron chi connectivity index (χ4n) is 2.13. The maximum Gasteiger partial charge on any atom is 0.573 e. The lowest BCUT2D eigenvalue weighted by Gasteiger charge is -2.07. The summed E-state index contributed by atoms with van der Waals surface area (Å²) in [6, 6.07) is 4.38. The van der Waals surface area contributed by atoms with E-state index in [1.807, 2.05) is 30.0 Å². The molecule has 0 aliphatic heterocycles. The van der Waals surface area contributed by atoms with Gasteiger partial charge in [0.15, 0.2) is 11.0 Å². The highest BCUT2D eigenvalue weighted by atomic mass is 19.4. The van der Waals surface area contributed by atoms with E-state index < -0.39 is 6.36 Å². The van der Waals surface area contributed by atoms with Crippen molar-refractivity contribution in [3.8, 4) is 5.75 Å². The highest BCUT2D eigenvalue weighted by Crippen LogP contribution is 2.26. The molecule has 0 atom stereocenters. The quantitative estimate of drug-likeness (QED) is 0.758. The van der Waals surface area contributed by atoms with Crippen molar-refractivity contribution in [2.24, 2.45) is 7.05 Å². The summed E-state index contributed by atoms with van der Waals surface area (Å²) in [7, 11) is 1.88. The van der Waals surface area contributed by atoms with E-state index in [9.17, 15) is 13.2 Å². The average molecular weight is 259 g/mol. The summed E-state index contributed by atoms with van der Waals surface area (Å²) in [5, 5.41) is 0. The number of hydrogen-bond acceptors (Lipinski definition) is 1. The van der Waals surface area contributed by atoms with Crippen LogP contribution in [0.3, 0.4) is 0 Å². The van der Waals surface area contributed by atoms with Crippen molar-refractivity contribution in [3.63, 3.8) is 0 Å². The van der Waals surface area contributed by atoms with Crippen molar-refractivity contribution in [2.75, 3.05) is 0 Å². The number of rotatable bonds is 2. The van der Waals surface area contributed by atoms with Crippen molar-refractivity contribution < 1.29 is 22.5 Å². The molecule has 0 saturated heterocycles. The maximum absolute atomic E-state index is 12.2. The fourth-order valence-corrected chi connectivity index (χ4v) is 2.13. The molecule has 18 heavy (non-hydrogen) atoms. The van der Waals surface area contributed by atoms with Crippen LogP contribution in [0.4, 0.5) is 13.2 Å². The second-order valence-corrected chi connectivity index (χ2v) is 4.05. The minimum atomic E-state index is -4.66. The van der Waals surface area contributed by atoms with Crippen LogP contribution in [0.5, 0.6) is 5.75 Å². The first-order chi connectivity index (χ1) is 8.33. The molecule has 0 fully saturated rings. The van der Waals surface area contributed by atoms with E-state index in [-0.39, 0.29) is 5.75 Å². The van der Waals surface area contributed by atoms with Crippen molar-refractivity contribution in [1.82, 2.24) is 4.57 Å². The van der Waals surface area contributed by atoms with Gasteiger partial charge in [-0.05, 0) is 19.1 Å². The van der Waals surface area contributed by atoms with Crippen molar-refractivity contribution in [2.45, 2.75) is 26.8 Å². The summed E-state index contributed by atoms with van der Waals surface area (Å²) in [6.07, 6.45) is -4.66. The molecule has 0 spiro atoms. The van der Waals surface area contributed by atoms with Gasteiger partial charge in [-0.2, -0.15) is 0 Å². The standard InChI is InChI=1S/C12H14F3N2O/c1-4-17-8(2)16(3)10-6-5-9(7-11(10)17)18-12(13,14)15/h5-7H,4H2,1-3H3/q+1. The van der Waals surface area contributed by atoms with Gasteiger partial charge in [-0.25, -0.2) is 9.13 Å². The second kappa shape index (κ2) is 4.19. The summed E-state index contributed by atoms with van der Waals surface area (Å²) >= 11 is 0. The van der Waals surface area contributed by atoms with Gasteiger partial charge in [-0.15, -0.1) is 13.2 Å². The molecule has 98 valence electrons. The lowest BCUT2D eigenvalue weighted by molar-refractivity contribution is -0.652. The summed E-state index contributed by atoms with van der Waals surface area (Å²) in [5.41, 5.74) is 1.61. The molecule has 0 unspecified atom stereocenters. The van der Waals surface area contributed by atoms with Crippen molar-refractivity contribution in [3.05, 3.63) is 24.0 Å². The third-order valence-electron chi connectivity index (χ3n) is 3.02. The molecule has 0 aliphatic rings. The normalized spacial score (nSPS) is 12.1. The van der Waals surface area contributed by atoms with Crippen molar-refractivity contribution in [1.29, 1.82) is 0 Å². The second-order valence-electron chi connectivity index (χ2n) is 4.05. The van der Waals surface area contributed by atoms with Crippen LogP contribution in [0.25, 0.3) is 11.0 Å². The minimum Gasteiger partial charge on any atom is -0.406 e. The highest BCUT2D eigenvalue weighted by molar-refractivity contribution is 5.74. The third kappa shape index (κ3) is 2.14. The zero-order valence-electron chi connectivity index (χ0n) is 10.4. The van der Waals surface area contributed by atoms with E-state index in [0.29, 0.717) is 6.54 Å². The molecule has 2 rings (SSSR count). The number of imidazole rings is 1. The molecule has 0 saturated carbocycles.